The summed E-state index contributed by atoms with van der Waals surface area (Å²) in [6.07, 6.45) is 0. The number of amides is 1. The van der Waals surface area contributed by atoms with Gasteiger partial charge < -0.3 is 4.90 Å². The van der Waals surface area contributed by atoms with Gasteiger partial charge in [0.25, 0.3) is 5.91 Å². The molecule has 2 aliphatic rings. The standard InChI is InChI=1S/C18H18ClN3OS/c1-12-17(18(23)22(20-12)14-6-4-3-5-7-14)24-11-21(2)15-10-13(19)8-9-16(15)24/h3-10,12,20H,11H2,1-2H3. The van der Waals surface area contributed by atoms with E-state index in [0.717, 1.165) is 27.1 Å². The van der Waals surface area contributed by atoms with E-state index in [9.17, 15) is 4.79 Å². The van der Waals surface area contributed by atoms with Crippen LogP contribution in [-0.4, -0.2) is 29.7 Å². The second-order valence-corrected chi connectivity index (χ2v) is 8.38. The van der Waals surface area contributed by atoms with E-state index in [1.165, 1.54) is 4.90 Å². The molecule has 1 N–H and O–H groups in total. The van der Waals surface area contributed by atoms with Crippen molar-refractivity contribution in [2.45, 2.75) is 17.9 Å². The molecule has 2 heterocycles. The van der Waals surface area contributed by atoms with Crippen molar-refractivity contribution in [2.24, 2.45) is 0 Å². The smallest absolute Gasteiger partial charge is 0.276 e. The van der Waals surface area contributed by atoms with E-state index >= 15 is 0 Å². The molecule has 0 saturated carbocycles. The molecule has 2 aromatic carbocycles. The monoisotopic (exact) mass is 359 g/mol. The lowest BCUT2D eigenvalue weighted by Crippen LogP contribution is -2.36. The molecule has 1 amide bonds. The van der Waals surface area contributed by atoms with Gasteiger partial charge in [0.15, 0.2) is 0 Å². The van der Waals surface area contributed by atoms with Gasteiger partial charge in [-0.3, -0.25) is 4.79 Å². The molecular formula is C18H18ClN3OS. The van der Waals surface area contributed by atoms with Crippen LogP contribution in [0.25, 0.3) is 0 Å². The molecule has 0 bridgehead atoms. The number of anilines is 2. The van der Waals surface area contributed by atoms with Crippen molar-refractivity contribution in [1.82, 2.24) is 5.43 Å². The third-order valence-electron chi connectivity index (χ3n) is 4.33. The van der Waals surface area contributed by atoms with E-state index in [-0.39, 0.29) is 22.4 Å². The molecule has 4 rings (SSSR count). The van der Waals surface area contributed by atoms with Gasteiger partial charge in [0.2, 0.25) is 0 Å². The summed E-state index contributed by atoms with van der Waals surface area (Å²) >= 11 is 6.14. The maximum Gasteiger partial charge on any atom is 0.276 e. The number of carbonyl (C=O) groups excluding carboxylic acids is 1. The second-order valence-electron chi connectivity index (χ2n) is 6.02. The Kier molecular flexibility index (Phi) is 3.87. The molecule has 2 unspecified atom stereocenters. The van der Waals surface area contributed by atoms with E-state index in [4.69, 9.17) is 11.6 Å². The van der Waals surface area contributed by atoms with Crippen LogP contribution in [0.4, 0.5) is 11.4 Å². The van der Waals surface area contributed by atoms with E-state index in [1.54, 1.807) is 5.01 Å². The van der Waals surface area contributed by atoms with Crippen molar-refractivity contribution in [3.8, 4) is 0 Å². The molecule has 0 spiro atoms. The van der Waals surface area contributed by atoms with Gasteiger partial charge in [-0.1, -0.05) is 29.8 Å². The van der Waals surface area contributed by atoms with Crippen LogP contribution in [0.2, 0.25) is 5.02 Å². The Morgan fingerprint density at radius 2 is 1.96 bits per heavy atom. The summed E-state index contributed by atoms with van der Waals surface area (Å²) in [6, 6.07) is 15.7. The molecule has 1 saturated heterocycles. The van der Waals surface area contributed by atoms with Crippen molar-refractivity contribution in [2.75, 3.05) is 22.8 Å². The molecule has 124 valence electrons. The highest BCUT2D eigenvalue weighted by Crippen LogP contribution is 2.46. The zero-order valence-corrected chi connectivity index (χ0v) is 15.1. The summed E-state index contributed by atoms with van der Waals surface area (Å²) in [7, 11) is 1.81. The SMILES string of the molecule is CC1NN(c2ccccc2)C(=O)/C1=S1\CN(C)c2cc(Cl)ccc21. The fourth-order valence-electron chi connectivity index (χ4n) is 3.21. The number of benzene rings is 2. The number of hydrogen-bond donors (Lipinski definition) is 1. The zero-order chi connectivity index (χ0) is 16.8. The van der Waals surface area contributed by atoms with Crippen LogP contribution < -0.4 is 15.3 Å². The predicted octanol–water partition coefficient (Wildman–Crippen LogP) is 3.49. The van der Waals surface area contributed by atoms with Crippen LogP contribution in [0.5, 0.6) is 0 Å². The minimum atomic E-state index is -0.240. The number of para-hydroxylation sites is 1. The highest BCUT2D eigenvalue weighted by molar-refractivity contribution is 8.17. The molecule has 24 heavy (non-hydrogen) atoms. The fourth-order valence-corrected chi connectivity index (χ4v) is 5.90. The minimum Gasteiger partial charge on any atom is -0.365 e. The molecule has 0 aliphatic carbocycles. The molecule has 2 atom stereocenters. The number of nitrogens with one attached hydrogen (secondary N) is 1. The third kappa shape index (κ3) is 2.44. The first-order chi connectivity index (χ1) is 11.6. The number of rotatable bonds is 1. The van der Waals surface area contributed by atoms with Gasteiger partial charge in [0.05, 0.1) is 28.2 Å². The topological polar surface area (TPSA) is 35.6 Å². The maximum absolute atomic E-state index is 13.1. The Labute approximate surface area is 148 Å². The van der Waals surface area contributed by atoms with Crippen LogP contribution in [-0.2, 0) is 4.79 Å². The van der Waals surface area contributed by atoms with Gasteiger partial charge >= 0.3 is 0 Å². The van der Waals surface area contributed by atoms with E-state index in [0.29, 0.717) is 0 Å². The number of hydrazine groups is 1. The molecule has 2 aromatic rings. The van der Waals surface area contributed by atoms with Crippen LogP contribution in [0.1, 0.15) is 6.92 Å². The Bertz CT molecular complexity index is 853. The summed E-state index contributed by atoms with van der Waals surface area (Å²) in [5, 5.41) is 2.40. The van der Waals surface area contributed by atoms with Gasteiger partial charge in [-0.05, 0) is 37.3 Å². The Morgan fingerprint density at radius 1 is 1.21 bits per heavy atom. The van der Waals surface area contributed by atoms with Gasteiger partial charge in [0, 0.05) is 17.0 Å². The van der Waals surface area contributed by atoms with Crippen LogP contribution in [0.3, 0.4) is 0 Å². The highest BCUT2D eigenvalue weighted by Gasteiger charge is 2.37. The Balaban J connectivity index is 1.80. The van der Waals surface area contributed by atoms with Crippen molar-refractivity contribution >= 4 is 44.2 Å². The first-order valence-corrected chi connectivity index (χ1v) is 9.57. The summed E-state index contributed by atoms with van der Waals surface area (Å²) in [5.74, 6) is 0.888. The number of hydrogen-bond acceptors (Lipinski definition) is 3. The number of nitrogens with zero attached hydrogens (tertiary/aromatic N) is 2. The normalized spacial score (nSPS) is 24.6. The number of fused-ring (bicyclic) bond motifs is 1. The lowest BCUT2D eigenvalue weighted by molar-refractivity contribution is -0.112. The van der Waals surface area contributed by atoms with Crippen LogP contribution in [0.15, 0.2) is 53.4 Å². The molecular weight excluding hydrogens is 342 g/mol. The molecule has 1 fully saturated rings. The minimum absolute atomic E-state index is 0.0102. The highest BCUT2D eigenvalue weighted by atomic mass is 35.5. The summed E-state index contributed by atoms with van der Waals surface area (Å²) in [4.78, 5) is 17.4. The summed E-state index contributed by atoms with van der Waals surface area (Å²) in [6.45, 7) is 2.05. The summed E-state index contributed by atoms with van der Waals surface area (Å²) in [5.41, 5.74) is 5.31. The molecule has 4 nitrogen and oxygen atoms in total. The molecule has 6 heteroatoms. The van der Waals surface area contributed by atoms with Gasteiger partial charge in [-0.2, -0.15) is 0 Å². The van der Waals surface area contributed by atoms with Crippen molar-refractivity contribution < 1.29 is 4.79 Å². The predicted molar refractivity (Wildman–Crippen MR) is 102 cm³/mol. The first-order valence-electron chi connectivity index (χ1n) is 7.80. The van der Waals surface area contributed by atoms with Gasteiger partial charge in [-0.25, -0.2) is 10.4 Å². The third-order valence-corrected chi connectivity index (χ3v) is 7.15. The van der Waals surface area contributed by atoms with Crippen LogP contribution in [0, 0.1) is 0 Å². The quantitative estimate of drug-likeness (QED) is 0.792. The van der Waals surface area contributed by atoms with E-state index < -0.39 is 0 Å². The zero-order valence-electron chi connectivity index (χ0n) is 13.5. The molecule has 0 aromatic heterocycles. The van der Waals surface area contributed by atoms with Gasteiger partial charge in [-0.15, -0.1) is 10.5 Å². The molecule has 0 radical (unpaired) electrons. The number of carbonyl (C=O) groups is 1. The average molecular weight is 360 g/mol. The molecule has 2 aliphatic heterocycles. The fraction of sp³-hybridized carbons (Fsp3) is 0.222. The van der Waals surface area contributed by atoms with E-state index in [1.807, 2.05) is 42.5 Å². The second kappa shape index (κ2) is 5.92. The Hall–Kier alpha value is -1.82. The number of halogens is 1. The first kappa shape index (κ1) is 15.7. The summed E-state index contributed by atoms with van der Waals surface area (Å²) < 4.78 is 0. The van der Waals surface area contributed by atoms with E-state index in [2.05, 4.69) is 30.4 Å². The lowest BCUT2D eigenvalue weighted by atomic mass is 10.2. The largest absolute Gasteiger partial charge is 0.365 e. The van der Waals surface area contributed by atoms with Crippen molar-refractivity contribution in [3.63, 3.8) is 0 Å². The average Bonchev–Trinajstić information content (AvgIpc) is 3.05. The van der Waals surface area contributed by atoms with Crippen molar-refractivity contribution in [3.05, 3.63) is 53.6 Å². The lowest BCUT2D eigenvalue weighted by Gasteiger charge is -2.15. The van der Waals surface area contributed by atoms with Crippen LogP contribution >= 0.6 is 22.1 Å². The van der Waals surface area contributed by atoms with Crippen molar-refractivity contribution in [1.29, 1.82) is 0 Å². The maximum atomic E-state index is 13.1. The Morgan fingerprint density at radius 3 is 2.71 bits per heavy atom. The van der Waals surface area contributed by atoms with Gasteiger partial charge in [0.1, 0.15) is 0 Å².